The van der Waals surface area contributed by atoms with Gasteiger partial charge in [-0.1, -0.05) is 121 Å². The lowest BCUT2D eigenvalue weighted by Gasteiger charge is -2.38. The summed E-state index contributed by atoms with van der Waals surface area (Å²) in [5.41, 5.74) is 13.4. The Balaban J connectivity index is 0.935. The van der Waals surface area contributed by atoms with Crippen LogP contribution in [0, 0.1) is 11.8 Å². The normalized spacial score (nSPS) is 25.8. The van der Waals surface area contributed by atoms with Crippen LogP contribution in [0.5, 0.6) is 0 Å². The zero-order chi connectivity index (χ0) is 37.5. The van der Waals surface area contributed by atoms with Crippen LogP contribution in [0.4, 0.5) is 0 Å². The summed E-state index contributed by atoms with van der Waals surface area (Å²) in [6, 6.07) is 25.5. The topological polar surface area (TPSA) is 21.3 Å². The molecular weight excluding hydrogens is 693 g/mol. The fourth-order valence-electron chi connectivity index (χ4n) is 11.2. The molecule has 6 aliphatic carbocycles. The molecule has 3 heterocycles. The fourth-order valence-corrected chi connectivity index (χ4v) is 11.2. The highest BCUT2D eigenvalue weighted by molar-refractivity contribution is 5.89. The Kier molecular flexibility index (Phi) is 7.84. The van der Waals surface area contributed by atoms with Gasteiger partial charge in [0.05, 0.1) is 17.6 Å². The van der Waals surface area contributed by atoms with E-state index in [0.29, 0.717) is 23.8 Å². The number of furan rings is 1. The van der Waals surface area contributed by atoms with E-state index in [1.165, 1.54) is 85.3 Å². The van der Waals surface area contributed by atoms with Gasteiger partial charge in [0.1, 0.15) is 11.3 Å². The number of hydrogen-bond donors (Lipinski definition) is 0. The van der Waals surface area contributed by atoms with Crippen LogP contribution < -0.4 is 10.6 Å². The summed E-state index contributed by atoms with van der Waals surface area (Å²) in [6.45, 7) is 0. The first-order chi connectivity index (χ1) is 28.3. The van der Waals surface area contributed by atoms with Crippen molar-refractivity contribution < 1.29 is 4.42 Å². The maximum atomic E-state index is 6.67. The first-order valence-corrected chi connectivity index (χ1v) is 21.5. The molecule has 1 aliphatic heterocycles. The number of nitrogens with zero attached hydrogens (tertiary/aromatic N) is 2. The molecule has 5 unspecified atom stereocenters. The minimum atomic E-state index is 0.182. The number of rotatable bonds is 5. The first kappa shape index (κ1) is 33.4. The largest absolute Gasteiger partial charge is 0.458 e. The Bertz CT molecular complexity index is 2870. The van der Waals surface area contributed by atoms with Crippen LogP contribution in [0.1, 0.15) is 92.2 Å². The number of benzene rings is 3. The van der Waals surface area contributed by atoms with Gasteiger partial charge in [-0.05, 0) is 116 Å². The molecule has 0 bridgehead atoms. The fraction of sp³-hybridized carbons (Fsp3) is 0.259. The molecule has 5 aromatic rings. The van der Waals surface area contributed by atoms with Crippen LogP contribution in [0.15, 0.2) is 155 Å². The van der Waals surface area contributed by atoms with Crippen LogP contribution >= 0.6 is 0 Å². The predicted molar refractivity (Wildman–Crippen MR) is 236 cm³/mol. The van der Waals surface area contributed by atoms with E-state index in [4.69, 9.17) is 4.42 Å². The maximum Gasteiger partial charge on any atom is 0.135 e. The van der Waals surface area contributed by atoms with Gasteiger partial charge in [-0.25, -0.2) is 0 Å². The molecule has 280 valence electrons. The van der Waals surface area contributed by atoms with Crippen molar-refractivity contribution >= 4 is 45.7 Å². The van der Waals surface area contributed by atoms with Gasteiger partial charge >= 0.3 is 0 Å². The molecule has 2 aromatic heterocycles. The van der Waals surface area contributed by atoms with Crippen molar-refractivity contribution in [2.45, 2.75) is 75.8 Å². The third-order valence-corrected chi connectivity index (χ3v) is 13.9. The Morgan fingerprint density at radius 2 is 1.61 bits per heavy atom. The monoisotopic (exact) mass is 740 g/mol. The molecule has 12 rings (SSSR count). The van der Waals surface area contributed by atoms with Crippen LogP contribution in [0.3, 0.4) is 0 Å². The third-order valence-electron chi connectivity index (χ3n) is 13.9. The summed E-state index contributed by atoms with van der Waals surface area (Å²) in [7, 11) is 0. The molecule has 3 nitrogen and oxygen atoms in total. The number of allylic oxidation sites excluding steroid dienone is 10. The standard InChI is InChI=1S/C54H48N2O/c1-3-14-35(15-4-1)39-30-40(36-16-5-2-6-17-36)32-41(31-39)55-48-22-10-7-18-42(48)46-33-37(26-28-50(46)55)38-27-29-51-47(34-38)43-19-8-11-23-49(43)56(51)52-24-13-21-45-44-20-9-12-25-53(44)57-54(45)52/h3,5,7,9-16,18,20-23,25,27-34,36-37,47,51-52H,1-2,4,6,8,17,19,24,26H2. The van der Waals surface area contributed by atoms with E-state index in [1.807, 2.05) is 0 Å². The van der Waals surface area contributed by atoms with Gasteiger partial charge in [0.2, 0.25) is 0 Å². The second kappa shape index (κ2) is 13.4. The Hall–Kier alpha value is -5.80. The number of para-hydroxylation sites is 2. The van der Waals surface area contributed by atoms with Crippen molar-refractivity contribution in [3.63, 3.8) is 0 Å². The SMILES string of the molecule is C1=CC(c2cc(C3C=CCCC3)cc(-n3c4c(c5ccccc53)=CC(C3=CC5C6=C(C=CCC6)N(C6CC=Cc7c6oc6ccccc76)C5C=C3)CC=4)c2)=CCC1. The van der Waals surface area contributed by atoms with Crippen LogP contribution in [-0.2, 0) is 0 Å². The molecule has 0 spiro atoms. The molecule has 0 radical (unpaired) electrons. The van der Waals surface area contributed by atoms with Gasteiger partial charge in [0.15, 0.2) is 0 Å². The van der Waals surface area contributed by atoms with Crippen molar-refractivity contribution in [3.05, 3.63) is 183 Å². The van der Waals surface area contributed by atoms with Crippen LogP contribution in [0.25, 0.3) is 51.4 Å². The van der Waals surface area contributed by atoms with Crippen molar-refractivity contribution in [3.8, 4) is 5.69 Å². The van der Waals surface area contributed by atoms with E-state index in [0.717, 1.165) is 49.9 Å². The number of hydrogen-bond acceptors (Lipinski definition) is 2. The van der Waals surface area contributed by atoms with E-state index < -0.39 is 0 Å². The molecule has 0 fully saturated rings. The molecule has 3 heteroatoms. The summed E-state index contributed by atoms with van der Waals surface area (Å²) in [4.78, 5) is 2.71. The molecule has 57 heavy (non-hydrogen) atoms. The Labute approximate surface area is 335 Å². The van der Waals surface area contributed by atoms with Gasteiger partial charge in [0, 0.05) is 56.0 Å². The van der Waals surface area contributed by atoms with Crippen molar-refractivity contribution in [1.29, 1.82) is 0 Å². The lowest BCUT2D eigenvalue weighted by molar-refractivity contribution is 0.200. The summed E-state index contributed by atoms with van der Waals surface area (Å²) >= 11 is 0. The molecule has 0 N–H and O–H groups in total. The molecular formula is C54H48N2O. The molecule has 3 aromatic carbocycles. The molecule has 7 aliphatic rings. The highest BCUT2D eigenvalue weighted by Crippen LogP contribution is 2.51. The second-order valence-corrected chi connectivity index (χ2v) is 17.1. The Morgan fingerprint density at radius 3 is 2.53 bits per heavy atom. The summed E-state index contributed by atoms with van der Waals surface area (Å²) in [6.07, 6.45) is 44.3. The average molecular weight is 741 g/mol. The minimum Gasteiger partial charge on any atom is -0.458 e. The molecule has 0 saturated carbocycles. The summed E-state index contributed by atoms with van der Waals surface area (Å²) < 4.78 is 9.24. The van der Waals surface area contributed by atoms with Gasteiger partial charge in [0.25, 0.3) is 0 Å². The van der Waals surface area contributed by atoms with Gasteiger partial charge in [-0.2, -0.15) is 0 Å². The zero-order valence-electron chi connectivity index (χ0n) is 32.5. The third kappa shape index (κ3) is 5.38. The number of fused-ring (bicyclic) bond motifs is 8. The maximum absolute atomic E-state index is 6.67. The predicted octanol–water partition coefficient (Wildman–Crippen LogP) is 12.1. The first-order valence-electron chi connectivity index (χ1n) is 21.5. The quantitative estimate of drug-likeness (QED) is 0.167. The summed E-state index contributed by atoms with van der Waals surface area (Å²) in [5.74, 6) is 2.29. The molecule has 0 saturated heterocycles. The average Bonchev–Trinajstić information content (AvgIpc) is 3.94. The smallest absolute Gasteiger partial charge is 0.135 e. The molecule has 0 amide bonds. The van der Waals surface area contributed by atoms with Crippen LogP contribution in [0.2, 0.25) is 0 Å². The van der Waals surface area contributed by atoms with E-state index in [2.05, 4.69) is 161 Å². The zero-order valence-corrected chi connectivity index (χ0v) is 32.5. The van der Waals surface area contributed by atoms with E-state index in [-0.39, 0.29) is 6.04 Å². The van der Waals surface area contributed by atoms with Crippen molar-refractivity contribution in [2.75, 3.05) is 0 Å². The highest BCUT2D eigenvalue weighted by Gasteiger charge is 2.44. The van der Waals surface area contributed by atoms with Crippen molar-refractivity contribution in [2.24, 2.45) is 11.8 Å². The van der Waals surface area contributed by atoms with E-state index in [9.17, 15) is 0 Å². The van der Waals surface area contributed by atoms with Gasteiger partial charge in [-0.3, -0.25) is 0 Å². The minimum absolute atomic E-state index is 0.182. The molecule has 5 atom stereocenters. The summed E-state index contributed by atoms with van der Waals surface area (Å²) in [5, 5.41) is 5.27. The van der Waals surface area contributed by atoms with E-state index in [1.54, 1.807) is 5.57 Å². The van der Waals surface area contributed by atoms with Gasteiger partial charge in [-0.15, -0.1) is 0 Å². The lowest BCUT2D eigenvalue weighted by Crippen LogP contribution is -2.37. The highest BCUT2D eigenvalue weighted by atomic mass is 16.3. The van der Waals surface area contributed by atoms with Crippen molar-refractivity contribution in [1.82, 2.24) is 9.47 Å². The van der Waals surface area contributed by atoms with E-state index >= 15 is 0 Å². The second-order valence-electron chi connectivity index (χ2n) is 17.1. The number of aromatic nitrogens is 1. The van der Waals surface area contributed by atoms with Crippen LogP contribution in [-0.4, -0.2) is 15.5 Å². The Morgan fingerprint density at radius 1 is 0.702 bits per heavy atom. The van der Waals surface area contributed by atoms with Gasteiger partial charge < -0.3 is 13.9 Å². The lowest BCUT2D eigenvalue weighted by atomic mass is 9.80.